The molecule has 0 amide bonds. The largest absolute Gasteiger partial charge is 0.357 e. The number of hydrogen-bond donors (Lipinski definition) is 2. The maximum atomic E-state index is 4.75. The highest BCUT2D eigenvalue weighted by molar-refractivity contribution is 5.80. The summed E-state index contributed by atoms with van der Waals surface area (Å²) in [6.07, 6.45) is 10.8. The average Bonchev–Trinajstić information content (AvgIpc) is 3.15. The van der Waals surface area contributed by atoms with Crippen molar-refractivity contribution in [2.75, 3.05) is 19.6 Å². The van der Waals surface area contributed by atoms with Crippen LogP contribution in [0.2, 0.25) is 0 Å². The molecule has 2 aliphatic rings. The van der Waals surface area contributed by atoms with Crippen LogP contribution in [0.4, 0.5) is 0 Å². The fourth-order valence-corrected chi connectivity index (χ4v) is 3.54. The smallest absolute Gasteiger partial charge is 0.191 e. The lowest BCUT2D eigenvalue weighted by Crippen LogP contribution is -2.42. The number of piperidine rings is 1. The molecule has 0 unspecified atom stereocenters. The van der Waals surface area contributed by atoms with E-state index >= 15 is 0 Å². The molecule has 136 valence electrons. The van der Waals surface area contributed by atoms with E-state index in [0.29, 0.717) is 6.04 Å². The maximum absolute atomic E-state index is 4.75. The number of aliphatic imine (C=N–C) groups is 1. The van der Waals surface area contributed by atoms with Gasteiger partial charge in [-0.2, -0.15) is 0 Å². The summed E-state index contributed by atoms with van der Waals surface area (Å²) in [5, 5.41) is 6.87. The Morgan fingerprint density at radius 3 is 2.40 bits per heavy atom. The Bertz CT molecular complexity index is 562. The monoisotopic (exact) mass is 340 g/mol. The Morgan fingerprint density at radius 2 is 1.72 bits per heavy atom. The standard InChI is InChI=1S/C21H32N4/c1-2-22-21(24-20-8-4-5-9-20)23-16-18-10-12-19(13-11-18)17-25-14-6-3-7-15-25/h4-5,10-13,20H,2-3,6-9,14-17H2,1H3,(H2,22,23,24). The van der Waals surface area contributed by atoms with Crippen LogP contribution in [0.15, 0.2) is 41.4 Å². The number of benzene rings is 1. The molecule has 1 aliphatic heterocycles. The fraction of sp³-hybridized carbons (Fsp3) is 0.571. The minimum Gasteiger partial charge on any atom is -0.357 e. The third-order valence-electron chi connectivity index (χ3n) is 4.99. The summed E-state index contributed by atoms with van der Waals surface area (Å²) in [7, 11) is 0. The molecule has 4 nitrogen and oxygen atoms in total. The van der Waals surface area contributed by atoms with Crippen molar-refractivity contribution in [3.8, 4) is 0 Å². The third-order valence-corrected chi connectivity index (χ3v) is 4.99. The van der Waals surface area contributed by atoms with E-state index in [9.17, 15) is 0 Å². The molecular weight excluding hydrogens is 308 g/mol. The van der Waals surface area contributed by atoms with Crippen molar-refractivity contribution in [2.45, 2.75) is 58.2 Å². The Balaban J connectivity index is 1.51. The lowest BCUT2D eigenvalue weighted by atomic mass is 10.1. The van der Waals surface area contributed by atoms with Crippen LogP contribution in [-0.4, -0.2) is 36.5 Å². The van der Waals surface area contributed by atoms with Crippen molar-refractivity contribution in [1.82, 2.24) is 15.5 Å². The van der Waals surface area contributed by atoms with Crippen molar-refractivity contribution >= 4 is 5.96 Å². The summed E-state index contributed by atoms with van der Waals surface area (Å²) in [6, 6.07) is 9.47. The van der Waals surface area contributed by atoms with Gasteiger partial charge in [0.2, 0.25) is 0 Å². The molecule has 0 atom stereocenters. The summed E-state index contributed by atoms with van der Waals surface area (Å²) >= 11 is 0. The summed E-state index contributed by atoms with van der Waals surface area (Å²) < 4.78 is 0. The predicted octanol–water partition coefficient (Wildman–Crippen LogP) is 3.45. The van der Waals surface area contributed by atoms with Gasteiger partial charge in [0.25, 0.3) is 0 Å². The van der Waals surface area contributed by atoms with Crippen molar-refractivity contribution < 1.29 is 0 Å². The highest BCUT2D eigenvalue weighted by Crippen LogP contribution is 2.14. The zero-order valence-electron chi connectivity index (χ0n) is 15.5. The molecule has 25 heavy (non-hydrogen) atoms. The summed E-state index contributed by atoms with van der Waals surface area (Å²) in [5.41, 5.74) is 2.68. The summed E-state index contributed by atoms with van der Waals surface area (Å²) in [5.74, 6) is 0.925. The predicted molar refractivity (Wildman–Crippen MR) is 106 cm³/mol. The van der Waals surface area contributed by atoms with Gasteiger partial charge < -0.3 is 10.6 Å². The molecule has 1 saturated heterocycles. The first-order chi connectivity index (χ1) is 12.3. The second kappa shape index (κ2) is 9.62. The lowest BCUT2D eigenvalue weighted by Gasteiger charge is -2.26. The van der Waals surface area contributed by atoms with Gasteiger partial charge in [0, 0.05) is 19.1 Å². The zero-order chi connectivity index (χ0) is 17.3. The summed E-state index contributed by atoms with van der Waals surface area (Å²) in [4.78, 5) is 7.32. The zero-order valence-corrected chi connectivity index (χ0v) is 15.5. The molecule has 0 aromatic heterocycles. The Morgan fingerprint density at radius 1 is 1.04 bits per heavy atom. The summed E-state index contributed by atoms with van der Waals surface area (Å²) in [6.45, 7) is 7.31. The third kappa shape index (κ3) is 5.89. The van der Waals surface area contributed by atoms with Gasteiger partial charge in [-0.3, -0.25) is 4.90 Å². The second-order valence-corrected chi connectivity index (χ2v) is 7.13. The van der Waals surface area contributed by atoms with Gasteiger partial charge in [-0.05, 0) is 56.8 Å². The van der Waals surface area contributed by atoms with E-state index < -0.39 is 0 Å². The van der Waals surface area contributed by atoms with Crippen LogP contribution in [0.5, 0.6) is 0 Å². The van der Waals surface area contributed by atoms with Crippen LogP contribution in [0.3, 0.4) is 0 Å². The average molecular weight is 341 g/mol. The first kappa shape index (κ1) is 18.0. The van der Waals surface area contributed by atoms with Gasteiger partial charge in [0.15, 0.2) is 5.96 Å². The highest BCUT2D eigenvalue weighted by atomic mass is 15.2. The maximum Gasteiger partial charge on any atom is 0.191 e. The molecule has 1 aromatic carbocycles. The van der Waals surface area contributed by atoms with Gasteiger partial charge in [0.05, 0.1) is 6.54 Å². The molecule has 4 heteroatoms. The normalized spacial score (nSPS) is 19.3. The van der Waals surface area contributed by atoms with E-state index in [1.165, 1.54) is 43.5 Å². The van der Waals surface area contributed by atoms with Gasteiger partial charge in [-0.25, -0.2) is 4.99 Å². The van der Waals surface area contributed by atoms with E-state index in [1.54, 1.807) is 0 Å². The van der Waals surface area contributed by atoms with Crippen LogP contribution in [0.25, 0.3) is 0 Å². The molecule has 0 saturated carbocycles. The van der Waals surface area contributed by atoms with Gasteiger partial charge in [0.1, 0.15) is 0 Å². The van der Waals surface area contributed by atoms with E-state index in [2.05, 4.69) is 58.9 Å². The SMILES string of the molecule is CCNC(=NCc1ccc(CN2CCCCC2)cc1)NC1CC=CC1. The molecule has 0 bridgehead atoms. The van der Waals surface area contributed by atoms with E-state index in [1.807, 2.05) is 0 Å². The first-order valence-corrected chi connectivity index (χ1v) is 9.83. The van der Waals surface area contributed by atoms with Crippen LogP contribution in [0.1, 0.15) is 50.2 Å². The Labute approximate surface area is 152 Å². The molecule has 2 N–H and O–H groups in total. The molecule has 0 radical (unpaired) electrons. The van der Waals surface area contributed by atoms with Crippen LogP contribution < -0.4 is 10.6 Å². The van der Waals surface area contributed by atoms with Crippen LogP contribution in [-0.2, 0) is 13.1 Å². The van der Waals surface area contributed by atoms with E-state index in [0.717, 1.165) is 38.4 Å². The Hall–Kier alpha value is -1.81. The van der Waals surface area contributed by atoms with Crippen LogP contribution in [0, 0.1) is 0 Å². The van der Waals surface area contributed by atoms with Crippen LogP contribution >= 0.6 is 0 Å². The van der Waals surface area contributed by atoms with E-state index in [-0.39, 0.29) is 0 Å². The lowest BCUT2D eigenvalue weighted by molar-refractivity contribution is 0.221. The van der Waals surface area contributed by atoms with Gasteiger partial charge in [-0.15, -0.1) is 0 Å². The number of rotatable bonds is 6. The fourth-order valence-electron chi connectivity index (χ4n) is 3.54. The number of likely N-dealkylation sites (tertiary alicyclic amines) is 1. The number of hydrogen-bond acceptors (Lipinski definition) is 2. The minimum atomic E-state index is 0.490. The second-order valence-electron chi connectivity index (χ2n) is 7.13. The Kier molecular flexibility index (Phi) is 6.92. The van der Waals surface area contributed by atoms with Crippen molar-refractivity contribution in [3.05, 3.63) is 47.5 Å². The number of nitrogens with one attached hydrogen (secondary N) is 2. The molecular formula is C21H32N4. The number of nitrogens with zero attached hydrogens (tertiary/aromatic N) is 2. The molecule has 1 aromatic rings. The molecule has 1 aliphatic carbocycles. The highest BCUT2D eigenvalue weighted by Gasteiger charge is 2.12. The van der Waals surface area contributed by atoms with Crippen molar-refractivity contribution in [3.63, 3.8) is 0 Å². The quantitative estimate of drug-likeness (QED) is 0.473. The topological polar surface area (TPSA) is 39.7 Å². The van der Waals surface area contributed by atoms with Crippen molar-refractivity contribution in [2.24, 2.45) is 4.99 Å². The van der Waals surface area contributed by atoms with E-state index in [4.69, 9.17) is 4.99 Å². The van der Waals surface area contributed by atoms with Gasteiger partial charge >= 0.3 is 0 Å². The molecule has 1 heterocycles. The number of guanidine groups is 1. The molecule has 3 rings (SSSR count). The molecule has 0 spiro atoms. The minimum absolute atomic E-state index is 0.490. The molecule has 1 fully saturated rings. The first-order valence-electron chi connectivity index (χ1n) is 9.83. The van der Waals surface area contributed by atoms with Gasteiger partial charge in [-0.1, -0.05) is 42.8 Å². The van der Waals surface area contributed by atoms with Crippen molar-refractivity contribution in [1.29, 1.82) is 0 Å².